The van der Waals surface area contributed by atoms with Gasteiger partial charge in [-0.25, -0.2) is 0 Å². The molecule has 0 aliphatic carbocycles. The minimum Gasteiger partial charge on any atom is -0.310 e. The molecule has 0 radical (unpaired) electrons. The molecule has 1 rings (SSSR count). The zero-order chi connectivity index (χ0) is 15.0. The van der Waals surface area contributed by atoms with E-state index in [9.17, 15) is 0 Å². The lowest BCUT2D eigenvalue weighted by molar-refractivity contribution is 0.601. The van der Waals surface area contributed by atoms with Crippen molar-refractivity contribution < 1.29 is 0 Å². The molecule has 0 aromatic heterocycles. The second-order valence-electron chi connectivity index (χ2n) is 5.98. The van der Waals surface area contributed by atoms with Gasteiger partial charge >= 0.3 is 0 Å². The van der Waals surface area contributed by atoms with Crippen LogP contribution >= 0.6 is 11.8 Å². The molecule has 0 heterocycles. The maximum Gasteiger partial charge on any atom is 0.0411 e. The maximum absolute atomic E-state index is 3.62. The Balaban J connectivity index is 2.60. The van der Waals surface area contributed by atoms with Gasteiger partial charge in [0.25, 0.3) is 0 Å². The zero-order valence-corrected chi connectivity index (χ0v) is 14.6. The first-order chi connectivity index (χ1) is 9.58. The smallest absolute Gasteiger partial charge is 0.0411 e. The van der Waals surface area contributed by atoms with Gasteiger partial charge < -0.3 is 5.32 Å². The van der Waals surface area contributed by atoms with Crippen molar-refractivity contribution in [2.24, 2.45) is 5.92 Å². The highest BCUT2D eigenvalue weighted by atomic mass is 32.2. The highest BCUT2D eigenvalue weighted by Crippen LogP contribution is 2.23. The van der Waals surface area contributed by atoms with Crippen molar-refractivity contribution in [1.82, 2.24) is 5.32 Å². The quantitative estimate of drug-likeness (QED) is 0.668. The van der Waals surface area contributed by atoms with E-state index in [-0.39, 0.29) is 0 Å². The van der Waals surface area contributed by atoms with Crippen LogP contribution in [0.3, 0.4) is 0 Å². The van der Waals surface area contributed by atoms with Crippen LogP contribution in [0.25, 0.3) is 0 Å². The largest absolute Gasteiger partial charge is 0.310 e. The predicted octanol–water partition coefficient (Wildman–Crippen LogP) is 5.24. The van der Waals surface area contributed by atoms with Crippen LogP contribution < -0.4 is 5.32 Å². The number of thioether (sulfide) groups is 1. The third kappa shape index (κ3) is 5.88. The highest BCUT2D eigenvalue weighted by Gasteiger charge is 2.11. The van der Waals surface area contributed by atoms with Gasteiger partial charge in [0.05, 0.1) is 0 Å². The van der Waals surface area contributed by atoms with Gasteiger partial charge in [0.15, 0.2) is 0 Å². The Morgan fingerprint density at radius 1 is 0.950 bits per heavy atom. The second kappa shape index (κ2) is 9.46. The highest BCUT2D eigenvalue weighted by molar-refractivity contribution is 7.99. The van der Waals surface area contributed by atoms with Crippen molar-refractivity contribution in [1.29, 1.82) is 0 Å². The van der Waals surface area contributed by atoms with Crippen LogP contribution in [0.15, 0.2) is 24.3 Å². The summed E-state index contributed by atoms with van der Waals surface area (Å²) >= 11 is 2.08. The first-order valence-corrected chi connectivity index (χ1v) is 9.14. The Labute approximate surface area is 129 Å². The van der Waals surface area contributed by atoms with Gasteiger partial charge in [0.2, 0.25) is 0 Å². The van der Waals surface area contributed by atoms with Crippen LogP contribution in [0.5, 0.6) is 0 Å². The molecule has 2 unspecified atom stereocenters. The van der Waals surface area contributed by atoms with E-state index >= 15 is 0 Å². The minimum absolute atomic E-state index is 0.482. The van der Waals surface area contributed by atoms with Crippen molar-refractivity contribution in [2.45, 2.75) is 53.0 Å². The molecule has 0 fully saturated rings. The molecule has 0 amide bonds. The first-order valence-electron chi connectivity index (χ1n) is 7.99. The van der Waals surface area contributed by atoms with E-state index in [1.54, 1.807) is 0 Å². The summed E-state index contributed by atoms with van der Waals surface area (Å²) in [6.07, 6.45) is 1.28. The summed E-state index contributed by atoms with van der Waals surface area (Å²) in [5.41, 5.74) is 2.85. The lowest BCUT2D eigenvalue weighted by Crippen LogP contribution is -2.23. The fourth-order valence-corrected chi connectivity index (χ4v) is 3.46. The summed E-state index contributed by atoms with van der Waals surface area (Å²) in [6.45, 7) is 12.3. The van der Waals surface area contributed by atoms with Gasteiger partial charge in [0, 0.05) is 11.8 Å². The van der Waals surface area contributed by atoms with Crippen LogP contribution in [0.1, 0.15) is 64.1 Å². The molecule has 2 heteroatoms. The molecule has 0 saturated heterocycles. The fourth-order valence-electron chi connectivity index (χ4n) is 2.14. The van der Waals surface area contributed by atoms with E-state index in [0.29, 0.717) is 12.0 Å². The Morgan fingerprint density at radius 3 is 2.05 bits per heavy atom. The average Bonchev–Trinajstić information content (AvgIpc) is 2.46. The molecular formula is C18H31NS. The summed E-state index contributed by atoms with van der Waals surface area (Å²) in [4.78, 5) is 0. The van der Waals surface area contributed by atoms with E-state index < -0.39 is 0 Å². The SMILES string of the molecule is CCNC(CSCC(C)CC)c1ccc(C(C)C)cc1. The van der Waals surface area contributed by atoms with E-state index in [0.717, 1.165) is 12.5 Å². The van der Waals surface area contributed by atoms with E-state index in [1.165, 1.54) is 29.1 Å². The van der Waals surface area contributed by atoms with Crippen molar-refractivity contribution in [2.75, 3.05) is 18.1 Å². The van der Waals surface area contributed by atoms with Crippen molar-refractivity contribution in [3.05, 3.63) is 35.4 Å². The maximum atomic E-state index is 3.62. The molecule has 0 aliphatic heterocycles. The van der Waals surface area contributed by atoms with Crippen molar-refractivity contribution in [3.8, 4) is 0 Å². The molecule has 114 valence electrons. The Bertz CT molecular complexity index is 358. The monoisotopic (exact) mass is 293 g/mol. The summed E-state index contributed by atoms with van der Waals surface area (Å²) in [5.74, 6) is 3.87. The number of hydrogen-bond acceptors (Lipinski definition) is 2. The molecule has 20 heavy (non-hydrogen) atoms. The van der Waals surface area contributed by atoms with Crippen molar-refractivity contribution >= 4 is 11.8 Å². The molecular weight excluding hydrogens is 262 g/mol. The number of rotatable bonds is 9. The van der Waals surface area contributed by atoms with Crippen LogP contribution in [-0.2, 0) is 0 Å². The van der Waals surface area contributed by atoms with E-state index in [1.807, 2.05) is 0 Å². The van der Waals surface area contributed by atoms with E-state index in [2.05, 4.69) is 76.0 Å². The van der Waals surface area contributed by atoms with Crippen LogP contribution in [-0.4, -0.2) is 18.1 Å². The normalized spacial score (nSPS) is 14.5. The fraction of sp³-hybridized carbons (Fsp3) is 0.667. The number of nitrogens with one attached hydrogen (secondary N) is 1. The number of hydrogen-bond donors (Lipinski definition) is 1. The van der Waals surface area contributed by atoms with Gasteiger partial charge in [-0.2, -0.15) is 11.8 Å². The molecule has 0 bridgehead atoms. The van der Waals surface area contributed by atoms with Gasteiger partial charge in [-0.3, -0.25) is 0 Å². The summed E-state index contributed by atoms with van der Waals surface area (Å²) in [5, 5.41) is 3.62. The van der Waals surface area contributed by atoms with Gasteiger partial charge in [0.1, 0.15) is 0 Å². The van der Waals surface area contributed by atoms with Crippen LogP contribution in [0, 0.1) is 5.92 Å². The minimum atomic E-state index is 0.482. The van der Waals surface area contributed by atoms with Crippen LogP contribution in [0.4, 0.5) is 0 Å². The molecule has 0 spiro atoms. The van der Waals surface area contributed by atoms with Gasteiger partial charge in [-0.05, 0) is 35.3 Å². The lowest BCUT2D eigenvalue weighted by Gasteiger charge is -2.19. The summed E-state index contributed by atoms with van der Waals surface area (Å²) < 4.78 is 0. The van der Waals surface area contributed by atoms with Gasteiger partial charge in [-0.15, -0.1) is 0 Å². The summed E-state index contributed by atoms with van der Waals surface area (Å²) in [6, 6.07) is 9.64. The molecule has 1 N–H and O–H groups in total. The molecule has 0 aliphatic rings. The topological polar surface area (TPSA) is 12.0 Å². The average molecular weight is 294 g/mol. The predicted molar refractivity (Wildman–Crippen MR) is 93.7 cm³/mol. The number of benzene rings is 1. The standard InChI is InChI=1S/C18H31NS/c1-6-15(5)12-20-13-18(19-7-2)17-10-8-16(9-11-17)14(3)4/h8-11,14-15,18-19H,6-7,12-13H2,1-5H3. The van der Waals surface area contributed by atoms with Crippen LogP contribution in [0.2, 0.25) is 0 Å². The first kappa shape index (κ1) is 17.6. The lowest BCUT2D eigenvalue weighted by atomic mass is 9.99. The van der Waals surface area contributed by atoms with E-state index in [4.69, 9.17) is 0 Å². The van der Waals surface area contributed by atoms with Gasteiger partial charge in [-0.1, -0.05) is 65.3 Å². The molecule has 1 aromatic rings. The Morgan fingerprint density at radius 2 is 1.55 bits per heavy atom. The third-order valence-electron chi connectivity index (χ3n) is 3.84. The Kier molecular flexibility index (Phi) is 8.32. The van der Waals surface area contributed by atoms with Crippen molar-refractivity contribution in [3.63, 3.8) is 0 Å². The second-order valence-corrected chi connectivity index (χ2v) is 7.06. The molecule has 1 nitrogen and oxygen atoms in total. The Hall–Kier alpha value is -0.470. The molecule has 2 atom stereocenters. The summed E-state index contributed by atoms with van der Waals surface area (Å²) in [7, 11) is 0. The zero-order valence-electron chi connectivity index (χ0n) is 13.8. The third-order valence-corrected chi connectivity index (χ3v) is 5.21. The molecule has 0 saturated carbocycles. The molecule has 1 aromatic carbocycles.